The molecule has 0 spiro atoms. The first-order valence-electron chi connectivity index (χ1n) is 4.74. The van der Waals surface area contributed by atoms with Gasteiger partial charge in [-0.05, 0) is 25.7 Å². The summed E-state index contributed by atoms with van der Waals surface area (Å²) in [5.41, 5.74) is 0. The van der Waals surface area contributed by atoms with E-state index < -0.39 is 6.17 Å². The van der Waals surface area contributed by atoms with Crippen molar-refractivity contribution in [3.63, 3.8) is 0 Å². The van der Waals surface area contributed by atoms with Crippen LogP contribution in [-0.4, -0.2) is 30.2 Å². The Morgan fingerprint density at radius 3 is 2.09 bits per heavy atom. The third-order valence-corrected chi connectivity index (χ3v) is 3.05. The van der Waals surface area contributed by atoms with Crippen LogP contribution in [0.25, 0.3) is 0 Å². The number of piperidine rings is 1. The number of hydrogen-bond donors (Lipinski definition) is 0. The normalized spacial score (nSPS) is 30.3. The van der Waals surface area contributed by atoms with Gasteiger partial charge in [-0.15, -0.1) is 0 Å². The lowest BCUT2D eigenvalue weighted by molar-refractivity contribution is 0.0725. The van der Waals surface area contributed by atoms with Crippen LogP contribution in [0.3, 0.4) is 0 Å². The molecule has 0 N–H and O–H groups in total. The van der Waals surface area contributed by atoms with Gasteiger partial charge in [0.05, 0.1) is 0 Å². The summed E-state index contributed by atoms with van der Waals surface area (Å²) in [7, 11) is 0. The Bertz CT molecular complexity index is 126. The molecule has 1 aliphatic carbocycles. The second-order valence-corrected chi connectivity index (χ2v) is 3.80. The van der Waals surface area contributed by atoms with Gasteiger partial charge in [0.15, 0.2) is 0 Å². The van der Waals surface area contributed by atoms with E-state index in [4.69, 9.17) is 0 Å². The Balaban J connectivity index is 1.77. The van der Waals surface area contributed by atoms with Gasteiger partial charge in [-0.3, -0.25) is 0 Å². The Morgan fingerprint density at radius 2 is 1.64 bits per heavy atom. The fourth-order valence-electron chi connectivity index (χ4n) is 1.98. The summed E-state index contributed by atoms with van der Waals surface area (Å²) in [6.07, 6.45) is 5.15. The highest BCUT2D eigenvalue weighted by Crippen LogP contribution is 2.27. The first kappa shape index (κ1) is 7.53. The van der Waals surface area contributed by atoms with Gasteiger partial charge in [-0.1, -0.05) is 6.42 Å². The van der Waals surface area contributed by atoms with E-state index in [0.29, 0.717) is 0 Å². The maximum absolute atomic E-state index is 12.7. The van der Waals surface area contributed by atoms with Crippen LogP contribution < -0.4 is 0 Å². The Labute approximate surface area is 67.6 Å². The van der Waals surface area contributed by atoms with Gasteiger partial charge in [0.25, 0.3) is 0 Å². The fourth-order valence-corrected chi connectivity index (χ4v) is 1.98. The Kier molecular flexibility index (Phi) is 2.12. The summed E-state index contributed by atoms with van der Waals surface area (Å²) in [6.45, 7) is 2.01. The van der Waals surface area contributed by atoms with E-state index in [1.165, 1.54) is 19.3 Å². The zero-order chi connectivity index (χ0) is 7.68. The first-order valence-corrected chi connectivity index (χ1v) is 4.74. The zero-order valence-electron chi connectivity index (χ0n) is 6.93. The van der Waals surface area contributed by atoms with Crippen LogP contribution in [0.15, 0.2) is 0 Å². The van der Waals surface area contributed by atoms with E-state index in [0.717, 1.165) is 32.0 Å². The molecule has 1 saturated carbocycles. The molecule has 1 saturated heterocycles. The topological polar surface area (TPSA) is 3.24 Å². The Hall–Kier alpha value is -0.110. The molecule has 1 aliphatic heterocycles. The molecular weight excluding hydrogens is 141 g/mol. The fraction of sp³-hybridized carbons (Fsp3) is 1.00. The van der Waals surface area contributed by atoms with Gasteiger partial charge in [-0.2, -0.15) is 0 Å². The average molecular weight is 157 g/mol. The molecule has 0 atom stereocenters. The average Bonchev–Trinajstić information content (AvgIpc) is 1.90. The quantitative estimate of drug-likeness (QED) is 0.562. The molecule has 64 valence electrons. The maximum atomic E-state index is 12.7. The number of likely N-dealkylation sites (tertiary alicyclic amines) is 1. The first-order chi connectivity index (χ1) is 5.36. The van der Waals surface area contributed by atoms with Crippen molar-refractivity contribution < 1.29 is 4.39 Å². The number of alkyl halides is 1. The smallest absolute Gasteiger partial charge is 0.103 e. The van der Waals surface area contributed by atoms with Crippen LogP contribution >= 0.6 is 0 Å². The highest BCUT2D eigenvalue weighted by Gasteiger charge is 2.28. The highest BCUT2D eigenvalue weighted by molar-refractivity contribution is 4.83. The highest BCUT2D eigenvalue weighted by atomic mass is 19.1. The standard InChI is InChI=1S/C9H16FN/c10-8-4-6-11(7-5-8)9-2-1-3-9/h8-9H,1-7H2. The SMILES string of the molecule is FC1CCN(C2CCC2)CC1. The molecule has 0 aromatic carbocycles. The third-order valence-electron chi connectivity index (χ3n) is 3.05. The number of rotatable bonds is 1. The summed E-state index contributed by atoms with van der Waals surface area (Å²) >= 11 is 0. The molecule has 0 aromatic rings. The van der Waals surface area contributed by atoms with E-state index in [2.05, 4.69) is 4.90 Å². The Morgan fingerprint density at radius 1 is 1.00 bits per heavy atom. The van der Waals surface area contributed by atoms with Crippen molar-refractivity contribution in [2.24, 2.45) is 0 Å². The van der Waals surface area contributed by atoms with E-state index in [1.807, 2.05) is 0 Å². The minimum Gasteiger partial charge on any atom is -0.300 e. The molecule has 0 radical (unpaired) electrons. The van der Waals surface area contributed by atoms with Crippen molar-refractivity contribution in [1.29, 1.82) is 0 Å². The van der Waals surface area contributed by atoms with Gasteiger partial charge >= 0.3 is 0 Å². The molecule has 2 heteroatoms. The van der Waals surface area contributed by atoms with Gasteiger partial charge < -0.3 is 4.90 Å². The molecule has 1 nitrogen and oxygen atoms in total. The third kappa shape index (κ3) is 1.56. The minimum absolute atomic E-state index is 0.508. The van der Waals surface area contributed by atoms with Gasteiger partial charge in [0, 0.05) is 19.1 Å². The van der Waals surface area contributed by atoms with Crippen LogP contribution in [-0.2, 0) is 0 Å². The van der Waals surface area contributed by atoms with Crippen molar-refractivity contribution in [3.05, 3.63) is 0 Å². The van der Waals surface area contributed by atoms with E-state index in [1.54, 1.807) is 0 Å². The predicted octanol–water partition coefficient (Wildman–Crippen LogP) is 1.97. The van der Waals surface area contributed by atoms with Crippen LogP contribution in [0.4, 0.5) is 4.39 Å². The number of halogens is 1. The maximum Gasteiger partial charge on any atom is 0.103 e. The lowest BCUT2D eigenvalue weighted by atomic mass is 9.90. The van der Waals surface area contributed by atoms with Crippen molar-refractivity contribution in [3.8, 4) is 0 Å². The largest absolute Gasteiger partial charge is 0.300 e. The molecule has 0 unspecified atom stereocenters. The van der Waals surface area contributed by atoms with Crippen LogP contribution in [0.5, 0.6) is 0 Å². The van der Waals surface area contributed by atoms with Crippen molar-refractivity contribution in [2.45, 2.75) is 44.3 Å². The lowest BCUT2D eigenvalue weighted by Gasteiger charge is -2.40. The molecule has 0 amide bonds. The minimum atomic E-state index is -0.508. The van der Waals surface area contributed by atoms with Gasteiger partial charge in [-0.25, -0.2) is 4.39 Å². The van der Waals surface area contributed by atoms with Gasteiger partial charge in [0.2, 0.25) is 0 Å². The molecule has 0 aromatic heterocycles. The molecule has 2 rings (SSSR count). The number of nitrogens with zero attached hydrogens (tertiary/aromatic N) is 1. The molecule has 1 heterocycles. The second kappa shape index (κ2) is 3.10. The molecule has 2 fully saturated rings. The summed E-state index contributed by atoms with van der Waals surface area (Å²) in [4.78, 5) is 2.47. The monoisotopic (exact) mass is 157 g/mol. The lowest BCUT2D eigenvalue weighted by Crippen LogP contribution is -2.45. The van der Waals surface area contributed by atoms with E-state index in [-0.39, 0.29) is 0 Å². The summed E-state index contributed by atoms with van der Waals surface area (Å²) in [5.74, 6) is 0. The summed E-state index contributed by atoms with van der Waals surface area (Å²) in [5, 5.41) is 0. The van der Waals surface area contributed by atoms with E-state index in [9.17, 15) is 4.39 Å². The van der Waals surface area contributed by atoms with Crippen LogP contribution in [0.2, 0.25) is 0 Å². The predicted molar refractivity (Wildman–Crippen MR) is 43.3 cm³/mol. The molecular formula is C9H16FN. The van der Waals surface area contributed by atoms with Crippen LogP contribution in [0, 0.1) is 0 Å². The molecule has 11 heavy (non-hydrogen) atoms. The molecule has 0 bridgehead atoms. The zero-order valence-corrected chi connectivity index (χ0v) is 6.93. The van der Waals surface area contributed by atoms with Crippen molar-refractivity contribution in [1.82, 2.24) is 4.90 Å². The summed E-state index contributed by atoms with van der Waals surface area (Å²) < 4.78 is 12.7. The van der Waals surface area contributed by atoms with Gasteiger partial charge in [0.1, 0.15) is 6.17 Å². The number of hydrogen-bond acceptors (Lipinski definition) is 1. The second-order valence-electron chi connectivity index (χ2n) is 3.80. The van der Waals surface area contributed by atoms with Crippen LogP contribution in [0.1, 0.15) is 32.1 Å². The van der Waals surface area contributed by atoms with E-state index >= 15 is 0 Å². The molecule has 2 aliphatic rings. The summed E-state index contributed by atoms with van der Waals surface area (Å²) in [6, 6.07) is 0.822. The van der Waals surface area contributed by atoms with Crippen molar-refractivity contribution >= 4 is 0 Å². The van der Waals surface area contributed by atoms with Crippen molar-refractivity contribution in [2.75, 3.05) is 13.1 Å².